The minimum atomic E-state index is -0.578. The van der Waals surface area contributed by atoms with Crippen molar-refractivity contribution in [1.82, 2.24) is 0 Å². The van der Waals surface area contributed by atoms with Gasteiger partial charge in [0.05, 0.1) is 17.1 Å². The third-order valence-electron chi connectivity index (χ3n) is 2.29. The zero-order valence-corrected chi connectivity index (χ0v) is 13.5. The Balaban J connectivity index is 2.55. The number of rotatable bonds is 7. The zero-order chi connectivity index (χ0) is 15.1. The zero-order valence-electron chi connectivity index (χ0n) is 11.3. The summed E-state index contributed by atoms with van der Waals surface area (Å²) in [6, 6.07) is 4.09. The predicted octanol–water partition coefficient (Wildman–Crippen LogP) is 3.03. The van der Waals surface area contributed by atoms with Gasteiger partial charge in [0.2, 0.25) is 0 Å². The molecule has 7 heteroatoms. The molecule has 0 radical (unpaired) electrons. The molecule has 0 saturated carbocycles. The fourth-order valence-electron chi connectivity index (χ4n) is 1.37. The monoisotopic (exact) mass is 393 g/mol. The van der Waals surface area contributed by atoms with Crippen LogP contribution in [0, 0.1) is 19.6 Å². The van der Waals surface area contributed by atoms with Gasteiger partial charge in [-0.25, -0.2) is 4.79 Å². The summed E-state index contributed by atoms with van der Waals surface area (Å²) in [4.78, 5) is 22.0. The first-order valence-corrected chi connectivity index (χ1v) is 7.18. The van der Waals surface area contributed by atoms with Crippen LogP contribution in [0.1, 0.15) is 24.2 Å². The van der Waals surface area contributed by atoms with Crippen molar-refractivity contribution in [3.8, 4) is 0 Å². The van der Waals surface area contributed by atoms with Crippen LogP contribution < -0.4 is 0 Å². The third kappa shape index (κ3) is 5.41. The van der Waals surface area contributed by atoms with Gasteiger partial charge in [0, 0.05) is 22.3 Å². The smallest absolute Gasteiger partial charge is 0.339 e. The molecule has 0 amide bonds. The average molecular weight is 393 g/mol. The molecular formula is C13H16INO5. The molecule has 0 unspecified atom stereocenters. The molecule has 6 nitrogen and oxygen atoms in total. The van der Waals surface area contributed by atoms with Gasteiger partial charge in [0.25, 0.3) is 5.69 Å². The number of hydrogen-bond acceptors (Lipinski definition) is 5. The van der Waals surface area contributed by atoms with E-state index < -0.39 is 10.9 Å². The fourth-order valence-corrected chi connectivity index (χ4v) is 1.93. The van der Waals surface area contributed by atoms with Gasteiger partial charge in [-0.15, -0.1) is 0 Å². The SMILES string of the molecule is CC(C)COCCOC(=O)c1cc([N+](=O)[O-])ccc1I. The van der Waals surface area contributed by atoms with E-state index in [2.05, 4.69) is 0 Å². The molecular weight excluding hydrogens is 377 g/mol. The maximum Gasteiger partial charge on any atom is 0.339 e. The highest BCUT2D eigenvalue weighted by atomic mass is 127. The second-order valence-electron chi connectivity index (χ2n) is 4.53. The second kappa shape index (κ2) is 8.15. The number of carbonyl (C=O) groups excluding carboxylic acids is 1. The van der Waals surface area contributed by atoms with Crippen molar-refractivity contribution in [1.29, 1.82) is 0 Å². The van der Waals surface area contributed by atoms with E-state index in [1.54, 1.807) is 0 Å². The molecule has 0 spiro atoms. The minimum absolute atomic E-state index is 0.129. The van der Waals surface area contributed by atoms with Crippen LogP contribution in [-0.2, 0) is 9.47 Å². The molecule has 1 aromatic carbocycles. The molecule has 1 rings (SSSR count). The molecule has 0 aliphatic rings. The number of halogens is 1. The molecule has 0 aromatic heterocycles. The molecule has 0 fully saturated rings. The summed E-state index contributed by atoms with van der Waals surface area (Å²) in [5.74, 6) is -0.158. The summed E-state index contributed by atoms with van der Waals surface area (Å²) >= 11 is 1.94. The number of esters is 1. The van der Waals surface area contributed by atoms with E-state index in [4.69, 9.17) is 9.47 Å². The third-order valence-corrected chi connectivity index (χ3v) is 3.23. The van der Waals surface area contributed by atoms with Crippen molar-refractivity contribution >= 4 is 34.2 Å². The van der Waals surface area contributed by atoms with Gasteiger partial charge in [0.15, 0.2) is 0 Å². The average Bonchev–Trinajstić information content (AvgIpc) is 2.37. The molecule has 0 N–H and O–H groups in total. The molecule has 0 aliphatic heterocycles. The first kappa shape index (κ1) is 16.8. The minimum Gasteiger partial charge on any atom is -0.460 e. The van der Waals surface area contributed by atoms with E-state index in [-0.39, 0.29) is 17.9 Å². The van der Waals surface area contributed by atoms with Gasteiger partial charge >= 0.3 is 5.97 Å². The van der Waals surface area contributed by atoms with Crippen LogP contribution in [0.2, 0.25) is 0 Å². The summed E-state index contributed by atoms with van der Waals surface area (Å²) in [6.07, 6.45) is 0. The lowest BCUT2D eigenvalue weighted by Gasteiger charge is -2.08. The highest BCUT2D eigenvalue weighted by Gasteiger charge is 2.16. The van der Waals surface area contributed by atoms with E-state index in [9.17, 15) is 14.9 Å². The van der Waals surface area contributed by atoms with Crippen molar-refractivity contribution in [2.24, 2.45) is 5.92 Å². The van der Waals surface area contributed by atoms with Crippen LogP contribution in [0.3, 0.4) is 0 Å². The first-order valence-electron chi connectivity index (χ1n) is 6.10. The van der Waals surface area contributed by atoms with Crippen LogP contribution >= 0.6 is 22.6 Å². The van der Waals surface area contributed by atoms with Crippen molar-refractivity contribution in [3.63, 3.8) is 0 Å². The molecule has 0 heterocycles. The van der Waals surface area contributed by atoms with Gasteiger partial charge in [-0.3, -0.25) is 10.1 Å². The predicted molar refractivity (Wildman–Crippen MR) is 81.8 cm³/mol. The summed E-state index contributed by atoms with van der Waals surface area (Å²) in [7, 11) is 0. The van der Waals surface area contributed by atoms with Crippen LogP contribution in [0.25, 0.3) is 0 Å². The number of ether oxygens (including phenoxy) is 2. The van der Waals surface area contributed by atoms with Gasteiger partial charge in [-0.1, -0.05) is 13.8 Å². The number of nitro benzene ring substituents is 1. The summed E-state index contributed by atoms with van der Waals surface area (Å²) in [5, 5.41) is 10.7. The Bertz CT molecular complexity index is 490. The number of benzene rings is 1. The highest BCUT2D eigenvalue weighted by molar-refractivity contribution is 14.1. The van der Waals surface area contributed by atoms with E-state index >= 15 is 0 Å². The molecule has 1 aromatic rings. The maximum atomic E-state index is 11.8. The van der Waals surface area contributed by atoms with Gasteiger partial charge in [0.1, 0.15) is 6.61 Å². The van der Waals surface area contributed by atoms with E-state index in [0.717, 1.165) is 0 Å². The summed E-state index contributed by atoms with van der Waals surface area (Å²) in [6.45, 7) is 5.10. The quantitative estimate of drug-likeness (QED) is 0.234. The summed E-state index contributed by atoms with van der Waals surface area (Å²) in [5.41, 5.74) is 0.0667. The lowest BCUT2D eigenvalue weighted by atomic mass is 10.2. The van der Waals surface area contributed by atoms with E-state index in [1.165, 1.54) is 18.2 Å². The normalized spacial score (nSPS) is 10.6. The Kier molecular flexibility index (Phi) is 6.86. The fraction of sp³-hybridized carbons (Fsp3) is 0.462. The van der Waals surface area contributed by atoms with Crippen LogP contribution in [0.4, 0.5) is 5.69 Å². The first-order chi connectivity index (χ1) is 9.41. The van der Waals surface area contributed by atoms with Gasteiger partial charge in [-0.2, -0.15) is 0 Å². The Morgan fingerprint density at radius 3 is 2.70 bits per heavy atom. The van der Waals surface area contributed by atoms with E-state index in [1.807, 2.05) is 36.4 Å². The van der Waals surface area contributed by atoms with Crippen molar-refractivity contribution in [2.45, 2.75) is 13.8 Å². The molecule has 0 bridgehead atoms. The maximum absolute atomic E-state index is 11.8. The van der Waals surface area contributed by atoms with Crippen molar-refractivity contribution in [3.05, 3.63) is 37.4 Å². The van der Waals surface area contributed by atoms with Crippen LogP contribution in [0.15, 0.2) is 18.2 Å². The number of non-ortho nitro benzene ring substituents is 1. The van der Waals surface area contributed by atoms with Crippen LogP contribution in [-0.4, -0.2) is 30.7 Å². The topological polar surface area (TPSA) is 78.7 Å². The van der Waals surface area contributed by atoms with Crippen LogP contribution in [0.5, 0.6) is 0 Å². The molecule has 20 heavy (non-hydrogen) atoms. The molecule has 0 atom stereocenters. The Hall–Kier alpha value is -1.22. The lowest BCUT2D eigenvalue weighted by Crippen LogP contribution is -2.13. The second-order valence-corrected chi connectivity index (χ2v) is 5.69. The Morgan fingerprint density at radius 1 is 1.40 bits per heavy atom. The number of hydrogen-bond donors (Lipinski definition) is 0. The number of nitro groups is 1. The van der Waals surface area contributed by atoms with Crippen molar-refractivity contribution in [2.75, 3.05) is 19.8 Å². The Morgan fingerprint density at radius 2 is 2.10 bits per heavy atom. The number of nitrogens with zero attached hydrogens (tertiary/aromatic N) is 1. The van der Waals surface area contributed by atoms with Crippen molar-refractivity contribution < 1.29 is 19.2 Å². The Labute approximate surface area is 130 Å². The summed E-state index contributed by atoms with van der Waals surface area (Å²) < 4.78 is 10.9. The largest absolute Gasteiger partial charge is 0.460 e. The van der Waals surface area contributed by atoms with Gasteiger partial charge in [-0.05, 0) is 34.6 Å². The highest BCUT2D eigenvalue weighted by Crippen LogP contribution is 2.20. The lowest BCUT2D eigenvalue weighted by molar-refractivity contribution is -0.384. The molecule has 0 saturated heterocycles. The molecule has 110 valence electrons. The van der Waals surface area contributed by atoms with Gasteiger partial charge < -0.3 is 9.47 Å². The standard InChI is InChI=1S/C13H16INO5/c1-9(2)8-19-5-6-20-13(16)11-7-10(15(17)18)3-4-12(11)14/h3-4,7,9H,5-6,8H2,1-2H3. The molecule has 0 aliphatic carbocycles. The van der Waals surface area contributed by atoms with E-state index in [0.29, 0.717) is 22.7 Å². The number of carbonyl (C=O) groups is 1.